The van der Waals surface area contributed by atoms with Gasteiger partial charge in [-0.25, -0.2) is 0 Å². The first-order valence-electron chi connectivity index (χ1n) is 13.0. The molecule has 2 heterocycles. The van der Waals surface area contributed by atoms with Gasteiger partial charge < -0.3 is 20.2 Å². The van der Waals surface area contributed by atoms with Crippen molar-refractivity contribution in [1.29, 1.82) is 0 Å². The van der Waals surface area contributed by atoms with Crippen LogP contribution in [0.1, 0.15) is 28.0 Å². The number of nitrogens with zero attached hydrogens (tertiary/aromatic N) is 3. The van der Waals surface area contributed by atoms with Crippen molar-refractivity contribution in [1.82, 2.24) is 25.3 Å². The Labute approximate surface area is 226 Å². The van der Waals surface area contributed by atoms with Gasteiger partial charge in [0.1, 0.15) is 12.1 Å². The van der Waals surface area contributed by atoms with E-state index in [4.69, 9.17) is 0 Å². The molecule has 1 unspecified atom stereocenters. The van der Waals surface area contributed by atoms with Gasteiger partial charge in [0.15, 0.2) is 5.69 Å². The molecule has 0 spiro atoms. The van der Waals surface area contributed by atoms with Crippen molar-refractivity contribution in [2.45, 2.75) is 37.6 Å². The van der Waals surface area contributed by atoms with Gasteiger partial charge in [-0.15, -0.1) is 0 Å². The zero-order valence-corrected chi connectivity index (χ0v) is 21.7. The lowest BCUT2D eigenvalue weighted by Gasteiger charge is -2.28. The van der Waals surface area contributed by atoms with Crippen LogP contribution in [0.5, 0.6) is 0 Å². The third-order valence-electron chi connectivity index (χ3n) is 7.05. The summed E-state index contributed by atoms with van der Waals surface area (Å²) in [5.74, 6) is -1.18. The third kappa shape index (κ3) is 5.83. The van der Waals surface area contributed by atoms with E-state index in [1.54, 1.807) is 18.0 Å². The monoisotopic (exact) mass is 525 g/mol. The fraction of sp³-hybridized carbons (Fsp3) is 0.267. The summed E-state index contributed by atoms with van der Waals surface area (Å²) in [5, 5.41) is 21.0. The summed E-state index contributed by atoms with van der Waals surface area (Å²) in [7, 11) is 1.71. The second-order valence-corrected chi connectivity index (χ2v) is 9.91. The minimum atomic E-state index is -0.937. The number of likely N-dealkylation sites (tertiary alicyclic amines) is 1. The Morgan fingerprint density at radius 1 is 1.00 bits per heavy atom. The molecular weight excluding hydrogens is 494 g/mol. The van der Waals surface area contributed by atoms with Gasteiger partial charge in [-0.1, -0.05) is 78.9 Å². The summed E-state index contributed by atoms with van der Waals surface area (Å²) in [6, 6.07) is 24.5. The highest BCUT2D eigenvalue weighted by atomic mass is 16.3. The molecule has 3 N–H and O–H groups in total. The Morgan fingerprint density at radius 2 is 1.64 bits per heavy atom. The first-order valence-corrected chi connectivity index (χ1v) is 13.0. The molecule has 1 fully saturated rings. The average Bonchev–Trinajstić information content (AvgIpc) is 3.57. The van der Waals surface area contributed by atoms with E-state index in [1.807, 2.05) is 78.9 Å². The fourth-order valence-corrected chi connectivity index (χ4v) is 5.07. The number of carbonyl (C=O) groups is 3. The van der Waals surface area contributed by atoms with Gasteiger partial charge >= 0.3 is 0 Å². The molecule has 0 aliphatic carbocycles. The SMILES string of the molecule is CN(Cc1ccccc1)C(=O)[C@@H](Cc1ccccc1)NC(=O)C1C[C@@H](O)CN1C(=O)c1n[nH]c2ccccc12. The predicted octanol–water partition coefficient (Wildman–Crippen LogP) is 2.52. The average molecular weight is 526 g/mol. The number of fused-ring (bicyclic) bond motifs is 1. The van der Waals surface area contributed by atoms with Crippen LogP contribution in [0.25, 0.3) is 10.9 Å². The minimum absolute atomic E-state index is 0.00329. The molecule has 1 saturated heterocycles. The molecule has 5 rings (SSSR count). The molecular formula is C30H31N5O4. The van der Waals surface area contributed by atoms with Crippen LogP contribution in [-0.2, 0) is 22.6 Å². The molecule has 9 nitrogen and oxygen atoms in total. The molecule has 1 aliphatic rings. The highest BCUT2D eigenvalue weighted by Gasteiger charge is 2.41. The lowest BCUT2D eigenvalue weighted by molar-refractivity contribution is -0.136. The number of aliphatic hydroxyl groups is 1. The minimum Gasteiger partial charge on any atom is -0.391 e. The van der Waals surface area contributed by atoms with Gasteiger partial charge in [-0.3, -0.25) is 19.5 Å². The van der Waals surface area contributed by atoms with Gasteiger partial charge in [-0.05, 0) is 17.2 Å². The van der Waals surface area contributed by atoms with Crippen LogP contribution in [0.4, 0.5) is 0 Å². The number of para-hydroxylation sites is 1. The summed E-state index contributed by atoms with van der Waals surface area (Å²) in [5.41, 5.74) is 2.76. The molecule has 39 heavy (non-hydrogen) atoms. The summed E-state index contributed by atoms with van der Waals surface area (Å²) < 4.78 is 0. The number of hydrogen-bond acceptors (Lipinski definition) is 5. The number of carbonyl (C=O) groups excluding carboxylic acids is 3. The fourth-order valence-electron chi connectivity index (χ4n) is 5.07. The Bertz CT molecular complexity index is 1460. The highest BCUT2D eigenvalue weighted by molar-refractivity contribution is 6.06. The van der Waals surface area contributed by atoms with Gasteiger partial charge in [0.05, 0.1) is 11.6 Å². The third-order valence-corrected chi connectivity index (χ3v) is 7.05. The Hall–Kier alpha value is -4.50. The second-order valence-electron chi connectivity index (χ2n) is 9.91. The Kier molecular flexibility index (Phi) is 7.69. The normalized spacial score (nSPS) is 17.6. The number of hydrogen-bond donors (Lipinski definition) is 3. The smallest absolute Gasteiger partial charge is 0.275 e. The van der Waals surface area contributed by atoms with Crippen LogP contribution in [0, 0.1) is 0 Å². The van der Waals surface area contributed by atoms with Crippen molar-refractivity contribution < 1.29 is 19.5 Å². The van der Waals surface area contributed by atoms with E-state index in [-0.39, 0.29) is 31.0 Å². The van der Waals surface area contributed by atoms with E-state index < -0.39 is 30.0 Å². The van der Waals surface area contributed by atoms with Crippen molar-refractivity contribution in [2.75, 3.05) is 13.6 Å². The molecule has 0 radical (unpaired) electrons. The van der Waals surface area contributed by atoms with Crippen LogP contribution >= 0.6 is 0 Å². The van der Waals surface area contributed by atoms with Crippen LogP contribution in [0.15, 0.2) is 84.9 Å². The van der Waals surface area contributed by atoms with Crippen LogP contribution in [0.3, 0.4) is 0 Å². The standard InChI is InChI=1S/C30H31N5O4/c1-34(18-21-12-6-3-7-13-21)29(38)25(16-20-10-4-2-5-11-20)31-28(37)26-17-22(36)19-35(26)30(39)27-23-14-8-9-15-24(23)32-33-27/h2-15,22,25-26,36H,16-19H2,1H3,(H,31,37)(H,32,33)/t22-,25-,26?/m1/s1. The lowest BCUT2D eigenvalue weighted by Crippen LogP contribution is -2.54. The second kappa shape index (κ2) is 11.5. The molecule has 1 aliphatic heterocycles. The van der Waals surface area contributed by atoms with Gasteiger partial charge in [0.25, 0.3) is 5.91 Å². The highest BCUT2D eigenvalue weighted by Crippen LogP contribution is 2.24. The van der Waals surface area contributed by atoms with Crippen molar-refractivity contribution in [3.63, 3.8) is 0 Å². The molecule has 9 heteroatoms. The van der Waals surface area contributed by atoms with E-state index in [9.17, 15) is 19.5 Å². The van der Waals surface area contributed by atoms with Gasteiger partial charge in [-0.2, -0.15) is 5.10 Å². The van der Waals surface area contributed by atoms with Crippen LogP contribution in [-0.4, -0.2) is 74.6 Å². The lowest BCUT2D eigenvalue weighted by atomic mass is 10.0. The molecule has 3 aromatic carbocycles. The van der Waals surface area contributed by atoms with E-state index in [2.05, 4.69) is 15.5 Å². The van der Waals surface area contributed by atoms with Gasteiger partial charge in [0.2, 0.25) is 11.8 Å². The maximum atomic E-state index is 13.6. The number of amides is 3. The van der Waals surface area contributed by atoms with Crippen molar-refractivity contribution in [2.24, 2.45) is 0 Å². The van der Waals surface area contributed by atoms with Crippen LogP contribution in [0.2, 0.25) is 0 Å². The van der Waals surface area contributed by atoms with Crippen molar-refractivity contribution in [3.05, 3.63) is 102 Å². The molecule has 200 valence electrons. The number of β-amino-alcohol motifs (C(OH)–C–C–N with tert-alkyl or cyclic N) is 1. The van der Waals surface area contributed by atoms with E-state index >= 15 is 0 Å². The number of aromatic amines is 1. The number of rotatable bonds is 8. The Balaban J connectivity index is 1.36. The number of H-pyrrole nitrogens is 1. The molecule has 1 aromatic heterocycles. The maximum absolute atomic E-state index is 13.6. The summed E-state index contributed by atoms with van der Waals surface area (Å²) in [6.45, 7) is 0.392. The van der Waals surface area contributed by atoms with E-state index in [0.717, 1.165) is 11.1 Å². The zero-order valence-electron chi connectivity index (χ0n) is 21.7. The Morgan fingerprint density at radius 3 is 2.36 bits per heavy atom. The molecule has 0 saturated carbocycles. The number of likely N-dealkylation sites (N-methyl/N-ethyl adjacent to an activating group) is 1. The summed E-state index contributed by atoms with van der Waals surface area (Å²) >= 11 is 0. The summed E-state index contributed by atoms with van der Waals surface area (Å²) in [6.07, 6.45) is -0.497. The molecule has 4 aromatic rings. The largest absolute Gasteiger partial charge is 0.391 e. The van der Waals surface area contributed by atoms with E-state index in [1.165, 1.54) is 4.90 Å². The molecule has 0 bridgehead atoms. The van der Waals surface area contributed by atoms with Crippen molar-refractivity contribution in [3.8, 4) is 0 Å². The number of aliphatic hydroxyl groups excluding tert-OH is 1. The first-order chi connectivity index (χ1) is 18.9. The summed E-state index contributed by atoms with van der Waals surface area (Å²) in [4.78, 5) is 43.6. The van der Waals surface area contributed by atoms with Crippen molar-refractivity contribution >= 4 is 28.6 Å². The maximum Gasteiger partial charge on any atom is 0.275 e. The van der Waals surface area contributed by atoms with Crippen LogP contribution < -0.4 is 5.32 Å². The predicted molar refractivity (Wildman–Crippen MR) is 147 cm³/mol. The van der Waals surface area contributed by atoms with E-state index in [0.29, 0.717) is 17.4 Å². The molecule has 3 amide bonds. The number of benzene rings is 3. The topological polar surface area (TPSA) is 119 Å². The number of aromatic nitrogens is 2. The molecule has 3 atom stereocenters. The quantitative estimate of drug-likeness (QED) is 0.327. The zero-order chi connectivity index (χ0) is 27.4. The number of nitrogens with one attached hydrogen (secondary N) is 2. The van der Waals surface area contributed by atoms with Gasteiger partial charge in [0, 0.05) is 38.4 Å². The first kappa shape index (κ1) is 26.1.